The summed E-state index contributed by atoms with van der Waals surface area (Å²) < 4.78 is 10.3. The lowest BCUT2D eigenvalue weighted by molar-refractivity contribution is 0.287. The van der Waals surface area contributed by atoms with Crippen LogP contribution >= 0.6 is 0 Å². The molecule has 4 N–H and O–H groups in total. The maximum absolute atomic E-state index is 5.51. The predicted molar refractivity (Wildman–Crippen MR) is 59.9 cm³/mol. The van der Waals surface area contributed by atoms with Crippen molar-refractivity contribution < 1.29 is 8.85 Å². The van der Waals surface area contributed by atoms with Crippen molar-refractivity contribution in [3.8, 4) is 0 Å². The van der Waals surface area contributed by atoms with Crippen LogP contribution in [0.1, 0.15) is 25.7 Å². The lowest BCUT2D eigenvalue weighted by Crippen LogP contribution is -2.32. The summed E-state index contributed by atoms with van der Waals surface area (Å²) in [4.78, 5) is 0. The summed E-state index contributed by atoms with van der Waals surface area (Å²) in [6.07, 6.45) is 4.99. The van der Waals surface area contributed by atoms with E-state index >= 15 is 0 Å². The topological polar surface area (TPSA) is 70.5 Å². The third-order valence-electron chi connectivity index (χ3n) is 2.21. The largest absolute Gasteiger partial charge is 0.403 e. The van der Waals surface area contributed by atoms with Gasteiger partial charge in [-0.1, -0.05) is 12.8 Å². The molecular weight excluding hydrogens is 212 g/mol. The highest BCUT2D eigenvalue weighted by atomic mass is 28.3. The first-order valence-corrected chi connectivity index (χ1v) is 8.66. The van der Waals surface area contributed by atoms with Gasteiger partial charge in [-0.2, -0.15) is 0 Å². The smallest absolute Gasteiger partial charge is 0.299 e. The van der Waals surface area contributed by atoms with E-state index in [1.54, 1.807) is 0 Å². The van der Waals surface area contributed by atoms with Crippen LogP contribution in [0.4, 0.5) is 0 Å². The molecule has 14 heavy (non-hydrogen) atoms. The number of nitrogens with two attached hydrogens (primary N) is 2. The van der Waals surface area contributed by atoms with Gasteiger partial charge in [0.05, 0.1) is 0 Å². The average molecular weight is 232 g/mol. The monoisotopic (exact) mass is 232 g/mol. The quantitative estimate of drug-likeness (QED) is 0.596. The molecule has 2 fully saturated rings. The van der Waals surface area contributed by atoms with Gasteiger partial charge in [0.15, 0.2) is 0 Å². The first-order chi connectivity index (χ1) is 6.79. The third-order valence-corrected chi connectivity index (χ3v) is 5.05. The van der Waals surface area contributed by atoms with Crippen LogP contribution < -0.4 is 10.8 Å². The molecule has 2 radical (unpaired) electrons. The van der Waals surface area contributed by atoms with Gasteiger partial charge in [-0.3, -0.25) is 0 Å². The Hall–Kier alpha value is 0.274. The average Bonchev–Trinajstić information content (AvgIpc) is 2.21. The lowest BCUT2D eigenvalue weighted by Gasteiger charge is -2.14. The summed E-state index contributed by atoms with van der Waals surface area (Å²) in [5.74, 6) is 0. The minimum absolute atomic E-state index is 0.793. The van der Waals surface area contributed by atoms with Crippen molar-refractivity contribution in [1.29, 1.82) is 0 Å². The maximum atomic E-state index is 5.51. The van der Waals surface area contributed by atoms with Gasteiger partial charge in [0, 0.05) is 13.2 Å². The summed E-state index contributed by atoms with van der Waals surface area (Å²) in [6, 6.07) is 2.29. The minimum Gasteiger partial charge on any atom is -0.403 e. The normalized spacial score (nSPS) is 25.3. The van der Waals surface area contributed by atoms with E-state index in [1.165, 1.54) is 25.7 Å². The molecule has 2 saturated heterocycles. The molecule has 2 rings (SSSR count). The molecule has 0 aromatic rings. The number of hydrogen-bond donors (Lipinski definition) is 2. The molecule has 0 aliphatic carbocycles. The predicted octanol–water partition coefficient (Wildman–Crippen LogP) is 0.487. The van der Waals surface area contributed by atoms with Crippen molar-refractivity contribution in [3.05, 3.63) is 0 Å². The second-order valence-electron chi connectivity index (χ2n) is 3.54. The summed E-state index contributed by atoms with van der Waals surface area (Å²) in [7, 11) is -1.59. The van der Waals surface area contributed by atoms with Crippen LogP contribution in [0.3, 0.4) is 0 Å². The van der Waals surface area contributed by atoms with E-state index in [1.807, 2.05) is 0 Å². The molecule has 2 aliphatic rings. The lowest BCUT2D eigenvalue weighted by atomic mass is 10.4. The fourth-order valence-electron chi connectivity index (χ4n) is 1.35. The van der Waals surface area contributed by atoms with E-state index in [9.17, 15) is 0 Å². The summed E-state index contributed by atoms with van der Waals surface area (Å²) >= 11 is 0. The van der Waals surface area contributed by atoms with E-state index < -0.39 is 18.4 Å². The summed E-state index contributed by atoms with van der Waals surface area (Å²) in [5, 5.41) is 11.0. The Labute approximate surface area is 89.6 Å². The molecule has 0 spiro atoms. The number of rotatable bonds is 0. The molecular formula is C8H20N2O2Si2. The van der Waals surface area contributed by atoms with Gasteiger partial charge >= 0.3 is 0 Å². The Balaban J connectivity index is 0.000000140. The molecule has 0 aromatic carbocycles. The molecule has 0 aromatic heterocycles. The molecule has 0 saturated carbocycles. The van der Waals surface area contributed by atoms with E-state index in [0.29, 0.717) is 0 Å². The van der Waals surface area contributed by atoms with Crippen molar-refractivity contribution in [2.45, 2.75) is 37.8 Å². The van der Waals surface area contributed by atoms with Crippen LogP contribution in [0.5, 0.6) is 0 Å². The fourth-order valence-corrected chi connectivity index (χ4v) is 3.65. The Morgan fingerprint density at radius 2 is 1.14 bits per heavy atom. The Kier molecular flexibility index (Phi) is 6.66. The van der Waals surface area contributed by atoms with Gasteiger partial charge in [0.1, 0.15) is 0 Å². The third kappa shape index (κ3) is 5.89. The Morgan fingerprint density at radius 3 is 1.29 bits per heavy atom. The molecule has 4 nitrogen and oxygen atoms in total. The Bertz CT molecular complexity index is 123. The maximum Gasteiger partial charge on any atom is 0.299 e. The summed E-state index contributed by atoms with van der Waals surface area (Å²) in [6.45, 7) is 1.82. The van der Waals surface area contributed by atoms with Crippen molar-refractivity contribution in [1.82, 2.24) is 0 Å². The van der Waals surface area contributed by atoms with Gasteiger partial charge in [-0.05, 0) is 24.9 Å². The van der Waals surface area contributed by atoms with Crippen LogP contribution in [-0.4, -0.2) is 31.6 Å². The van der Waals surface area contributed by atoms with Crippen molar-refractivity contribution >= 4 is 18.4 Å². The highest BCUT2D eigenvalue weighted by Crippen LogP contribution is 2.06. The second-order valence-corrected chi connectivity index (χ2v) is 6.99. The van der Waals surface area contributed by atoms with E-state index in [-0.39, 0.29) is 0 Å². The highest BCUT2D eigenvalue weighted by molar-refractivity contribution is 6.48. The van der Waals surface area contributed by atoms with Gasteiger partial charge in [-0.25, -0.2) is 0 Å². The molecule has 0 bridgehead atoms. The van der Waals surface area contributed by atoms with Crippen LogP contribution in [-0.2, 0) is 8.85 Å². The Morgan fingerprint density at radius 1 is 0.714 bits per heavy atom. The molecule has 2 heterocycles. The first kappa shape index (κ1) is 12.3. The van der Waals surface area contributed by atoms with Crippen LogP contribution in [0.25, 0.3) is 0 Å². The molecule has 2 aliphatic heterocycles. The van der Waals surface area contributed by atoms with Crippen molar-refractivity contribution in [3.63, 3.8) is 0 Å². The first-order valence-electron chi connectivity index (χ1n) is 5.27. The standard InChI is InChI=1S/2C4H10NOSi/c2*5-7-4-2-1-3-6-7/h2*1-5H2. The zero-order valence-electron chi connectivity index (χ0n) is 8.63. The zero-order valence-corrected chi connectivity index (χ0v) is 10.6. The number of hydrogen-bond acceptors (Lipinski definition) is 4. The highest BCUT2D eigenvalue weighted by Gasteiger charge is 2.11. The molecule has 0 atom stereocenters. The van der Waals surface area contributed by atoms with Gasteiger partial charge in [0.25, 0.3) is 18.4 Å². The van der Waals surface area contributed by atoms with Crippen LogP contribution in [0, 0.1) is 0 Å². The minimum atomic E-state index is -0.793. The van der Waals surface area contributed by atoms with Gasteiger partial charge < -0.3 is 19.7 Å². The molecule has 0 unspecified atom stereocenters. The van der Waals surface area contributed by atoms with Gasteiger partial charge in [-0.15, -0.1) is 0 Å². The van der Waals surface area contributed by atoms with Crippen LogP contribution in [0.2, 0.25) is 12.1 Å². The SMILES string of the molecule is N[Si]1CCCCO1.N[Si]1CCCCO1. The van der Waals surface area contributed by atoms with E-state index in [2.05, 4.69) is 0 Å². The fraction of sp³-hybridized carbons (Fsp3) is 1.00. The zero-order chi connectivity index (χ0) is 10.2. The molecule has 82 valence electrons. The van der Waals surface area contributed by atoms with E-state index in [4.69, 9.17) is 19.7 Å². The second kappa shape index (κ2) is 7.55. The van der Waals surface area contributed by atoms with Crippen LogP contribution in [0.15, 0.2) is 0 Å². The van der Waals surface area contributed by atoms with Gasteiger partial charge in [0.2, 0.25) is 0 Å². The summed E-state index contributed by atoms with van der Waals surface area (Å²) in [5.41, 5.74) is 0. The molecule has 0 amide bonds. The van der Waals surface area contributed by atoms with Crippen molar-refractivity contribution in [2.24, 2.45) is 10.8 Å². The molecule has 6 heteroatoms. The van der Waals surface area contributed by atoms with E-state index in [0.717, 1.165) is 25.3 Å². The van der Waals surface area contributed by atoms with Crippen molar-refractivity contribution in [2.75, 3.05) is 13.2 Å².